The van der Waals surface area contributed by atoms with Gasteiger partial charge < -0.3 is 4.74 Å². The van der Waals surface area contributed by atoms with Crippen molar-refractivity contribution in [2.24, 2.45) is 5.41 Å². The van der Waals surface area contributed by atoms with Crippen LogP contribution in [0.2, 0.25) is 0 Å². The van der Waals surface area contributed by atoms with E-state index in [1.165, 1.54) is 4.31 Å². The van der Waals surface area contributed by atoms with Crippen molar-refractivity contribution in [2.45, 2.75) is 37.5 Å². The molecule has 0 aromatic heterocycles. The summed E-state index contributed by atoms with van der Waals surface area (Å²) in [4.78, 5) is 24.6. The quantitative estimate of drug-likeness (QED) is 0.659. The van der Waals surface area contributed by atoms with Crippen LogP contribution >= 0.6 is 0 Å². The van der Waals surface area contributed by atoms with Crippen LogP contribution in [0.3, 0.4) is 0 Å². The van der Waals surface area contributed by atoms with E-state index in [9.17, 15) is 22.4 Å². The van der Waals surface area contributed by atoms with Gasteiger partial charge in [-0.15, -0.1) is 0 Å². The molecule has 1 fully saturated rings. The number of hydrogen-bond donors (Lipinski definition) is 0. The van der Waals surface area contributed by atoms with Crippen LogP contribution in [0.5, 0.6) is 0 Å². The Labute approximate surface area is 170 Å². The molecule has 1 aliphatic heterocycles. The fourth-order valence-electron chi connectivity index (χ4n) is 3.38. The highest BCUT2D eigenvalue weighted by molar-refractivity contribution is 7.89. The van der Waals surface area contributed by atoms with Gasteiger partial charge in [0.05, 0.1) is 15.9 Å². The molecule has 0 N–H and O–H groups in total. The molecule has 1 unspecified atom stereocenters. The lowest BCUT2D eigenvalue weighted by atomic mass is 9.80. The van der Waals surface area contributed by atoms with E-state index < -0.39 is 39.4 Å². The lowest BCUT2D eigenvalue weighted by molar-refractivity contribution is -0.128. The monoisotopic (exact) mass is 421 g/mol. The Kier molecular flexibility index (Phi) is 6.33. The third-order valence-corrected chi connectivity index (χ3v) is 7.23. The normalized spacial score (nSPS) is 22.4. The first-order chi connectivity index (χ1) is 13.7. The summed E-state index contributed by atoms with van der Waals surface area (Å²) >= 11 is 0. The first-order valence-corrected chi connectivity index (χ1v) is 11.0. The molecule has 1 aromatic rings. The van der Waals surface area contributed by atoms with E-state index in [0.717, 1.165) is 37.5 Å². The predicted octanol–water partition coefficient (Wildman–Crippen LogP) is 3.25. The van der Waals surface area contributed by atoms with Crippen molar-refractivity contribution in [3.8, 4) is 0 Å². The number of rotatable bonds is 6. The van der Waals surface area contributed by atoms with E-state index >= 15 is 0 Å². The van der Waals surface area contributed by atoms with Crippen molar-refractivity contribution in [1.29, 1.82) is 0 Å². The van der Waals surface area contributed by atoms with Gasteiger partial charge in [-0.25, -0.2) is 17.6 Å². The van der Waals surface area contributed by atoms with E-state index in [4.69, 9.17) is 4.74 Å². The Hall–Kier alpha value is -2.32. The molecule has 6 nitrogen and oxygen atoms in total. The minimum Gasteiger partial charge on any atom is -0.454 e. The molecule has 1 saturated heterocycles. The average Bonchev–Trinajstić information content (AvgIpc) is 2.73. The van der Waals surface area contributed by atoms with Crippen LogP contribution in [0.25, 0.3) is 0 Å². The molecule has 1 atom stereocenters. The van der Waals surface area contributed by atoms with E-state index in [-0.39, 0.29) is 10.7 Å². The smallest absolute Gasteiger partial charge is 0.341 e. The molecule has 0 saturated carbocycles. The van der Waals surface area contributed by atoms with Crippen LogP contribution in [-0.2, 0) is 19.6 Å². The highest BCUT2D eigenvalue weighted by Gasteiger charge is 2.32. The number of esters is 1. The second kappa shape index (κ2) is 8.59. The van der Waals surface area contributed by atoms with Gasteiger partial charge in [0.2, 0.25) is 10.0 Å². The molecule has 0 radical (unpaired) electrons. The highest BCUT2D eigenvalue weighted by Crippen LogP contribution is 2.28. The first-order valence-electron chi connectivity index (χ1n) is 9.58. The molecule has 1 aliphatic carbocycles. The average molecular weight is 421 g/mol. The van der Waals surface area contributed by atoms with E-state index in [2.05, 4.69) is 0 Å². The SMILES string of the molecule is CC1(C(=O)COC(=O)c2cc(S(=O)(=O)N3CCCCC3)ccc2F)C=CC=CC1. The van der Waals surface area contributed by atoms with Crippen molar-refractivity contribution >= 4 is 21.8 Å². The number of nitrogens with zero attached hydrogens (tertiary/aromatic N) is 1. The Morgan fingerprint density at radius 2 is 1.90 bits per heavy atom. The van der Waals surface area contributed by atoms with Gasteiger partial charge >= 0.3 is 5.97 Å². The molecule has 29 heavy (non-hydrogen) atoms. The third-order valence-electron chi connectivity index (χ3n) is 5.34. The zero-order chi connectivity index (χ0) is 21.1. The number of carbonyl (C=O) groups excluding carboxylic acids is 2. The van der Waals surface area contributed by atoms with Crippen molar-refractivity contribution in [3.63, 3.8) is 0 Å². The van der Waals surface area contributed by atoms with Crippen LogP contribution < -0.4 is 0 Å². The maximum Gasteiger partial charge on any atom is 0.341 e. The molecule has 8 heteroatoms. The summed E-state index contributed by atoms with van der Waals surface area (Å²) in [7, 11) is -3.82. The van der Waals surface area contributed by atoms with Gasteiger partial charge in [-0.3, -0.25) is 4.79 Å². The summed E-state index contributed by atoms with van der Waals surface area (Å²) in [6.07, 6.45) is 10.1. The Bertz CT molecular complexity index is 963. The second-order valence-electron chi connectivity index (χ2n) is 7.51. The van der Waals surface area contributed by atoms with Gasteiger partial charge in [-0.1, -0.05) is 30.7 Å². The molecule has 0 bridgehead atoms. The molecule has 156 valence electrons. The Morgan fingerprint density at radius 1 is 1.17 bits per heavy atom. The zero-order valence-corrected chi connectivity index (χ0v) is 17.1. The van der Waals surface area contributed by atoms with Crippen LogP contribution in [0, 0.1) is 11.2 Å². The van der Waals surface area contributed by atoms with Gasteiger partial charge in [-0.05, 0) is 44.4 Å². The van der Waals surface area contributed by atoms with Gasteiger partial charge in [0.15, 0.2) is 12.4 Å². The fraction of sp³-hybridized carbons (Fsp3) is 0.429. The minimum atomic E-state index is -3.82. The second-order valence-corrected chi connectivity index (χ2v) is 9.45. The van der Waals surface area contributed by atoms with Crippen LogP contribution in [0.1, 0.15) is 43.0 Å². The summed E-state index contributed by atoms with van der Waals surface area (Å²) in [6.45, 7) is 2.01. The van der Waals surface area contributed by atoms with E-state index in [0.29, 0.717) is 19.5 Å². The number of carbonyl (C=O) groups is 2. The number of Topliss-reactive ketones (excluding diaryl/α,β-unsaturated/α-hetero) is 1. The standard InChI is InChI=1S/C21H24FNO5S/c1-21(10-4-2-5-11-21)19(24)15-28-20(25)17-14-16(8-9-18(17)22)29(26,27)23-12-6-3-7-13-23/h2,4-5,8-10,14H,3,6-7,11-13,15H2,1H3. The number of piperidine rings is 1. The number of halogens is 1. The molecular formula is C21H24FNO5S. The first kappa shape index (κ1) is 21.4. The molecular weight excluding hydrogens is 397 g/mol. The van der Waals surface area contributed by atoms with Crippen LogP contribution in [-0.4, -0.2) is 44.2 Å². The van der Waals surface area contributed by atoms with Gasteiger partial charge in [0.25, 0.3) is 0 Å². The number of hydrogen-bond acceptors (Lipinski definition) is 5. The van der Waals surface area contributed by atoms with Gasteiger partial charge in [-0.2, -0.15) is 4.31 Å². The molecule has 2 aliphatic rings. The number of benzene rings is 1. The summed E-state index contributed by atoms with van der Waals surface area (Å²) in [5, 5.41) is 0. The largest absolute Gasteiger partial charge is 0.454 e. The summed E-state index contributed by atoms with van der Waals surface area (Å²) in [5.41, 5.74) is -1.28. The highest BCUT2D eigenvalue weighted by atomic mass is 32.2. The van der Waals surface area contributed by atoms with E-state index in [1.54, 1.807) is 19.1 Å². The maximum absolute atomic E-state index is 14.2. The molecule has 1 aromatic carbocycles. The van der Waals surface area contributed by atoms with Crippen LogP contribution in [0.4, 0.5) is 4.39 Å². The fourth-order valence-corrected chi connectivity index (χ4v) is 4.93. The summed E-state index contributed by atoms with van der Waals surface area (Å²) < 4.78 is 46.1. The van der Waals surface area contributed by atoms with E-state index in [1.807, 2.05) is 12.2 Å². The number of ketones is 1. The van der Waals surface area contributed by atoms with Crippen LogP contribution in [0.15, 0.2) is 47.4 Å². The Balaban J connectivity index is 1.74. The van der Waals surface area contributed by atoms with Gasteiger partial charge in [0, 0.05) is 13.1 Å². The maximum atomic E-state index is 14.2. The Morgan fingerprint density at radius 3 is 2.55 bits per heavy atom. The third kappa shape index (κ3) is 4.64. The van der Waals surface area contributed by atoms with Crippen molar-refractivity contribution in [2.75, 3.05) is 19.7 Å². The minimum absolute atomic E-state index is 0.161. The number of sulfonamides is 1. The van der Waals surface area contributed by atoms with Gasteiger partial charge in [0.1, 0.15) is 5.82 Å². The lowest BCUT2D eigenvalue weighted by Gasteiger charge is -2.26. The topological polar surface area (TPSA) is 80.8 Å². The number of allylic oxidation sites excluding steroid dienone is 4. The molecule has 1 heterocycles. The summed E-state index contributed by atoms with van der Waals surface area (Å²) in [5.74, 6) is -2.28. The van der Waals surface area contributed by atoms with Crippen molar-refractivity contribution < 1.29 is 27.1 Å². The molecule has 0 spiro atoms. The lowest BCUT2D eigenvalue weighted by Crippen LogP contribution is -2.35. The summed E-state index contributed by atoms with van der Waals surface area (Å²) in [6, 6.07) is 3.06. The van der Waals surface area contributed by atoms with Crippen molar-refractivity contribution in [1.82, 2.24) is 4.31 Å². The zero-order valence-electron chi connectivity index (χ0n) is 16.3. The van der Waals surface area contributed by atoms with Crippen molar-refractivity contribution in [3.05, 3.63) is 53.9 Å². The molecule has 0 amide bonds. The molecule has 3 rings (SSSR count). The number of ether oxygens (including phenoxy) is 1. The predicted molar refractivity (Wildman–Crippen MR) is 105 cm³/mol.